The van der Waals surface area contributed by atoms with E-state index in [0.717, 1.165) is 6.07 Å². The summed E-state index contributed by atoms with van der Waals surface area (Å²) < 4.78 is 39.0. The van der Waals surface area contributed by atoms with Gasteiger partial charge in [0.2, 0.25) is 0 Å². The van der Waals surface area contributed by atoms with E-state index >= 15 is 0 Å². The minimum absolute atomic E-state index is 0.133. The number of ether oxygens (including phenoxy) is 1. The van der Waals surface area contributed by atoms with Gasteiger partial charge in [-0.1, -0.05) is 0 Å². The maximum Gasteiger partial charge on any atom is 0.573 e. The fourth-order valence-electron chi connectivity index (χ4n) is 0.985. The highest BCUT2D eigenvalue weighted by molar-refractivity contribution is 5.37. The summed E-state index contributed by atoms with van der Waals surface area (Å²) in [6, 6.07) is 0.832. The van der Waals surface area contributed by atoms with Crippen molar-refractivity contribution in [2.24, 2.45) is 5.73 Å². The van der Waals surface area contributed by atoms with E-state index in [4.69, 9.17) is 5.73 Å². The molecule has 0 aliphatic rings. The van der Waals surface area contributed by atoms with Crippen LogP contribution in [0, 0.1) is 10.1 Å². The van der Waals surface area contributed by atoms with Crippen LogP contribution in [0.25, 0.3) is 0 Å². The molecule has 1 heterocycles. The molecule has 0 bridgehead atoms. The topological polar surface area (TPSA) is 91.3 Å². The van der Waals surface area contributed by atoms with Crippen molar-refractivity contribution in [3.63, 3.8) is 0 Å². The molecule has 88 valence electrons. The largest absolute Gasteiger partial charge is 0.573 e. The van der Waals surface area contributed by atoms with Crippen LogP contribution in [-0.4, -0.2) is 16.3 Å². The monoisotopic (exact) mass is 237 g/mol. The summed E-state index contributed by atoms with van der Waals surface area (Å²) in [5.74, 6) is -1.23. The third kappa shape index (κ3) is 3.05. The molecule has 1 aromatic heterocycles. The molecule has 2 N–H and O–H groups in total. The van der Waals surface area contributed by atoms with Crippen molar-refractivity contribution >= 4 is 5.82 Å². The zero-order chi connectivity index (χ0) is 12.3. The van der Waals surface area contributed by atoms with Crippen LogP contribution in [0.2, 0.25) is 0 Å². The second-order valence-electron chi connectivity index (χ2n) is 2.66. The zero-order valence-corrected chi connectivity index (χ0v) is 7.69. The quantitative estimate of drug-likeness (QED) is 0.632. The predicted octanol–water partition coefficient (Wildman–Crippen LogP) is 1.35. The zero-order valence-electron chi connectivity index (χ0n) is 7.69. The molecule has 0 saturated heterocycles. The second kappa shape index (κ2) is 4.31. The summed E-state index contributed by atoms with van der Waals surface area (Å²) in [7, 11) is 0. The third-order valence-corrected chi connectivity index (χ3v) is 1.54. The van der Waals surface area contributed by atoms with Gasteiger partial charge in [-0.2, -0.15) is 0 Å². The first-order valence-corrected chi connectivity index (χ1v) is 3.92. The highest BCUT2D eigenvalue weighted by atomic mass is 19.4. The minimum atomic E-state index is -4.87. The number of hydrogen-bond donors (Lipinski definition) is 1. The third-order valence-electron chi connectivity index (χ3n) is 1.54. The molecule has 0 aliphatic heterocycles. The van der Waals surface area contributed by atoms with Gasteiger partial charge in [0.25, 0.3) is 0 Å². The van der Waals surface area contributed by atoms with Crippen LogP contribution in [0.5, 0.6) is 5.75 Å². The molecule has 1 rings (SSSR count). The maximum absolute atomic E-state index is 11.8. The van der Waals surface area contributed by atoms with E-state index in [2.05, 4.69) is 9.72 Å². The lowest BCUT2D eigenvalue weighted by Crippen LogP contribution is -2.17. The van der Waals surface area contributed by atoms with Crippen molar-refractivity contribution in [3.05, 3.63) is 27.9 Å². The molecule has 6 nitrogen and oxygen atoms in total. The Morgan fingerprint density at radius 2 is 2.19 bits per heavy atom. The number of nitrogens with zero attached hydrogens (tertiary/aromatic N) is 2. The van der Waals surface area contributed by atoms with Crippen LogP contribution >= 0.6 is 0 Å². The fourth-order valence-corrected chi connectivity index (χ4v) is 0.985. The number of pyridine rings is 1. The van der Waals surface area contributed by atoms with Crippen LogP contribution in [0.15, 0.2) is 12.3 Å². The average molecular weight is 237 g/mol. The molecule has 0 atom stereocenters. The summed E-state index contributed by atoms with van der Waals surface area (Å²) in [6.07, 6.45) is -4.26. The van der Waals surface area contributed by atoms with Gasteiger partial charge in [-0.25, -0.2) is 0 Å². The lowest BCUT2D eigenvalue weighted by atomic mass is 10.2. The number of alkyl halides is 3. The molecule has 0 aromatic carbocycles. The van der Waals surface area contributed by atoms with E-state index in [-0.39, 0.29) is 12.1 Å². The highest BCUT2D eigenvalue weighted by Crippen LogP contribution is 2.25. The van der Waals surface area contributed by atoms with Gasteiger partial charge in [0, 0.05) is 6.54 Å². The van der Waals surface area contributed by atoms with Gasteiger partial charge < -0.3 is 20.6 Å². The standard InChI is InChI=1S/C7H6F3N3O3/c8-7(9,10)16-5-1-4(2-11)6(12-3-5)13(14)15/h1,3H,2,11H2. The Kier molecular flexibility index (Phi) is 3.28. The Balaban J connectivity index is 3.05. The molecule has 0 fully saturated rings. The van der Waals surface area contributed by atoms with E-state index in [1.165, 1.54) is 0 Å². The van der Waals surface area contributed by atoms with Crippen molar-refractivity contribution in [2.45, 2.75) is 12.9 Å². The first-order valence-electron chi connectivity index (χ1n) is 3.92. The molecular formula is C7H6F3N3O3. The Bertz CT molecular complexity index is 408. The summed E-state index contributed by atoms with van der Waals surface area (Å²) in [5, 5.41) is 10.4. The number of rotatable bonds is 3. The molecular weight excluding hydrogens is 231 g/mol. The van der Waals surface area contributed by atoms with Gasteiger partial charge in [-0.15, -0.1) is 13.2 Å². The maximum atomic E-state index is 11.8. The normalized spacial score (nSPS) is 11.2. The second-order valence-corrected chi connectivity index (χ2v) is 2.66. The molecule has 0 unspecified atom stereocenters. The lowest BCUT2D eigenvalue weighted by Gasteiger charge is -2.08. The molecule has 1 aromatic rings. The summed E-state index contributed by atoms with van der Waals surface area (Å²) in [6.45, 7) is -0.307. The first kappa shape index (κ1) is 12.2. The van der Waals surface area contributed by atoms with Gasteiger partial charge in [-0.3, -0.25) is 0 Å². The van der Waals surface area contributed by atoms with Gasteiger partial charge in [-0.05, 0) is 16.0 Å². The summed E-state index contributed by atoms with van der Waals surface area (Å²) >= 11 is 0. The van der Waals surface area contributed by atoms with Gasteiger partial charge in [0.1, 0.15) is 0 Å². The van der Waals surface area contributed by atoms with Gasteiger partial charge >= 0.3 is 12.2 Å². The van der Waals surface area contributed by atoms with E-state index in [0.29, 0.717) is 6.20 Å². The van der Waals surface area contributed by atoms with Crippen LogP contribution in [0.3, 0.4) is 0 Å². The minimum Gasteiger partial charge on any atom is -0.402 e. The van der Waals surface area contributed by atoms with Crippen LogP contribution in [0.1, 0.15) is 5.56 Å². The van der Waals surface area contributed by atoms with Crippen LogP contribution < -0.4 is 10.5 Å². The van der Waals surface area contributed by atoms with Crippen molar-refractivity contribution in [1.82, 2.24) is 4.98 Å². The fraction of sp³-hybridized carbons (Fsp3) is 0.286. The van der Waals surface area contributed by atoms with E-state index in [1.54, 1.807) is 0 Å². The van der Waals surface area contributed by atoms with Crippen molar-refractivity contribution in [2.75, 3.05) is 0 Å². The van der Waals surface area contributed by atoms with Crippen molar-refractivity contribution in [3.8, 4) is 5.75 Å². The molecule has 0 aliphatic carbocycles. The molecule has 9 heteroatoms. The number of nitro groups is 1. The van der Waals surface area contributed by atoms with Crippen molar-refractivity contribution in [1.29, 1.82) is 0 Å². The number of nitrogens with two attached hydrogens (primary N) is 1. The smallest absolute Gasteiger partial charge is 0.402 e. The van der Waals surface area contributed by atoms with E-state index in [9.17, 15) is 23.3 Å². The summed E-state index contributed by atoms with van der Waals surface area (Å²) in [4.78, 5) is 12.8. The summed E-state index contributed by atoms with van der Waals surface area (Å²) in [5.41, 5.74) is 5.01. The number of aromatic nitrogens is 1. The Morgan fingerprint density at radius 1 is 1.56 bits per heavy atom. The first-order chi connectivity index (χ1) is 7.33. The molecule has 16 heavy (non-hydrogen) atoms. The number of hydrogen-bond acceptors (Lipinski definition) is 5. The Morgan fingerprint density at radius 3 is 2.62 bits per heavy atom. The van der Waals surface area contributed by atoms with E-state index in [1.807, 2.05) is 0 Å². The Labute approximate surface area is 87.0 Å². The lowest BCUT2D eigenvalue weighted by molar-refractivity contribution is -0.390. The highest BCUT2D eigenvalue weighted by Gasteiger charge is 2.32. The van der Waals surface area contributed by atoms with Crippen LogP contribution in [-0.2, 0) is 6.54 Å². The number of halogens is 3. The van der Waals surface area contributed by atoms with E-state index < -0.39 is 22.9 Å². The molecule has 0 radical (unpaired) electrons. The molecule has 0 amide bonds. The predicted molar refractivity (Wildman–Crippen MR) is 45.5 cm³/mol. The average Bonchev–Trinajstić information content (AvgIpc) is 2.14. The van der Waals surface area contributed by atoms with Gasteiger partial charge in [0.15, 0.2) is 11.9 Å². The van der Waals surface area contributed by atoms with Crippen molar-refractivity contribution < 1.29 is 22.8 Å². The van der Waals surface area contributed by atoms with Crippen LogP contribution in [0.4, 0.5) is 19.0 Å². The molecule has 0 spiro atoms. The van der Waals surface area contributed by atoms with Gasteiger partial charge in [0.05, 0.1) is 5.56 Å². The molecule has 0 saturated carbocycles. The SMILES string of the molecule is NCc1cc(OC(F)(F)F)cnc1[N+](=O)[O-]. The Hall–Kier alpha value is -1.90.